The Balaban J connectivity index is 2.29. The highest BCUT2D eigenvalue weighted by atomic mass is 16.2. The molecule has 0 atom stereocenters. The molecule has 1 heterocycles. The van der Waals surface area contributed by atoms with E-state index in [1.807, 2.05) is 25.1 Å². The summed E-state index contributed by atoms with van der Waals surface area (Å²) in [6, 6.07) is 7.92. The first kappa shape index (κ1) is 10.5. The number of hydrogen-bond donors (Lipinski definition) is 3. The number of rotatable bonds is 2. The molecular weight excluding hydrogens is 202 g/mol. The average molecular weight is 217 g/mol. The van der Waals surface area contributed by atoms with Crippen molar-refractivity contribution in [3.8, 4) is 0 Å². The molecule has 0 saturated heterocycles. The Bertz CT molecular complexity index is 516. The summed E-state index contributed by atoms with van der Waals surface area (Å²) in [7, 11) is 1.61. The van der Waals surface area contributed by atoms with E-state index < -0.39 is 0 Å². The van der Waals surface area contributed by atoms with Gasteiger partial charge in [0.15, 0.2) is 0 Å². The fourth-order valence-electron chi connectivity index (χ4n) is 1.82. The summed E-state index contributed by atoms with van der Waals surface area (Å²) in [6.45, 7) is 2.55. The number of aromatic amines is 1. The number of amides is 2. The Morgan fingerprint density at radius 1 is 1.38 bits per heavy atom. The summed E-state index contributed by atoms with van der Waals surface area (Å²) in [5.74, 6) is 0. The van der Waals surface area contributed by atoms with Gasteiger partial charge in [-0.15, -0.1) is 0 Å². The number of para-hydroxylation sites is 1. The number of nitrogens with one attached hydrogen (secondary N) is 3. The Kier molecular flexibility index (Phi) is 2.81. The molecule has 0 unspecified atom stereocenters. The molecule has 0 fully saturated rings. The van der Waals surface area contributed by atoms with Crippen molar-refractivity contribution in [3.05, 3.63) is 35.5 Å². The third kappa shape index (κ3) is 1.86. The SMILES string of the molecule is CNC(=O)NCc1c(C)[nH]c2ccccc12. The highest BCUT2D eigenvalue weighted by molar-refractivity contribution is 5.85. The lowest BCUT2D eigenvalue weighted by Gasteiger charge is -2.04. The minimum atomic E-state index is -0.162. The van der Waals surface area contributed by atoms with Crippen molar-refractivity contribution in [2.24, 2.45) is 0 Å². The highest BCUT2D eigenvalue weighted by Crippen LogP contribution is 2.21. The molecule has 1 aromatic carbocycles. The van der Waals surface area contributed by atoms with Gasteiger partial charge in [0.05, 0.1) is 0 Å². The van der Waals surface area contributed by atoms with Crippen molar-refractivity contribution in [2.45, 2.75) is 13.5 Å². The fraction of sp³-hybridized carbons (Fsp3) is 0.250. The molecule has 0 radical (unpaired) electrons. The number of urea groups is 1. The van der Waals surface area contributed by atoms with Gasteiger partial charge in [0.25, 0.3) is 0 Å². The molecule has 4 heteroatoms. The molecule has 0 bridgehead atoms. The van der Waals surface area contributed by atoms with Crippen molar-refractivity contribution in [3.63, 3.8) is 0 Å². The van der Waals surface area contributed by atoms with Crippen molar-refractivity contribution < 1.29 is 4.79 Å². The van der Waals surface area contributed by atoms with Gasteiger partial charge in [-0.05, 0) is 18.6 Å². The van der Waals surface area contributed by atoms with Gasteiger partial charge in [0, 0.05) is 30.2 Å². The molecule has 0 spiro atoms. The van der Waals surface area contributed by atoms with Gasteiger partial charge in [0.1, 0.15) is 0 Å². The second kappa shape index (κ2) is 4.26. The van der Waals surface area contributed by atoms with Gasteiger partial charge >= 0.3 is 6.03 Å². The van der Waals surface area contributed by atoms with Crippen LogP contribution < -0.4 is 10.6 Å². The Morgan fingerprint density at radius 2 is 2.12 bits per heavy atom. The number of aromatic nitrogens is 1. The number of hydrogen-bond acceptors (Lipinski definition) is 1. The monoisotopic (exact) mass is 217 g/mol. The first-order chi connectivity index (χ1) is 7.72. The quantitative estimate of drug-likeness (QED) is 0.707. The molecule has 1 aromatic heterocycles. The maximum absolute atomic E-state index is 11.1. The van der Waals surface area contributed by atoms with E-state index in [-0.39, 0.29) is 6.03 Å². The Morgan fingerprint density at radius 3 is 2.88 bits per heavy atom. The number of carbonyl (C=O) groups excluding carboxylic acids is 1. The molecule has 0 aliphatic rings. The van der Waals surface area contributed by atoms with Crippen molar-refractivity contribution >= 4 is 16.9 Å². The van der Waals surface area contributed by atoms with Crippen LogP contribution in [0.25, 0.3) is 10.9 Å². The van der Waals surface area contributed by atoms with Crippen LogP contribution >= 0.6 is 0 Å². The van der Waals surface area contributed by atoms with Crippen LogP contribution in [0.15, 0.2) is 24.3 Å². The van der Waals surface area contributed by atoms with E-state index in [0.717, 1.165) is 22.2 Å². The third-order valence-electron chi connectivity index (χ3n) is 2.68. The maximum Gasteiger partial charge on any atom is 0.314 e. The van der Waals surface area contributed by atoms with Gasteiger partial charge in [-0.3, -0.25) is 0 Å². The van der Waals surface area contributed by atoms with E-state index in [1.54, 1.807) is 7.05 Å². The smallest absolute Gasteiger partial charge is 0.314 e. The normalized spacial score (nSPS) is 10.4. The summed E-state index contributed by atoms with van der Waals surface area (Å²) < 4.78 is 0. The van der Waals surface area contributed by atoms with Gasteiger partial charge in [-0.1, -0.05) is 18.2 Å². The van der Waals surface area contributed by atoms with E-state index in [1.165, 1.54) is 0 Å². The zero-order chi connectivity index (χ0) is 11.5. The lowest BCUT2D eigenvalue weighted by molar-refractivity contribution is 0.242. The second-order valence-electron chi connectivity index (χ2n) is 3.71. The molecule has 0 saturated carbocycles. The standard InChI is InChI=1S/C12H15N3O/c1-8-10(7-14-12(16)13-2)9-5-3-4-6-11(9)15-8/h3-6,15H,7H2,1-2H3,(H2,13,14,16). The summed E-state index contributed by atoms with van der Waals surface area (Å²) in [5, 5.41) is 6.50. The number of carbonyl (C=O) groups is 1. The minimum absolute atomic E-state index is 0.162. The largest absolute Gasteiger partial charge is 0.358 e. The van der Waals surface area contributed by atoms with Gasteiger partial charge in [-0.25, -0.2) is 4.79 Å². The first-order valence-electron chi connectivity index (χ1n) is 5.24. The van der Waals surface area contributed by atoms with Crippen molar-refractivity contribution in [1.29, 1.82) is 0 Å². The van der Waals surface area contributed by atoms with Crippen LogP contribution in [0.4, 0.5) is 4.79 Å². The molecule has 3 N–H and O–H groups in total. The molecule has 0 aliphatic heterocycles. The van der Waals surface area contributed by atoms with Crippen LogP contribution in [0.2, 0.25) is 0 Å². The summed E-state index contributed by atoms with van der Waals surface area (Å²) in [4.78, 5) is 14.4. The van der Waals surface area contributed by atoms with E-state index in [0.29, 0.717) is 6.54 Å². The fourth-order valence-corrected chi connectivity index (χ4v) is 1.82. The van der Waals surface area contributed by atoms with Crippen LogP contribution in [-0.4, -0.2) is 18.1 Å². The zero-order valence-electron chi connectivity index (χ0n) is 9.42. The molecule has 84 valence electrons. The van der Waals surface area contributed by atoms with Gasteiger partial charge < -0.3 is 15.6 Å². The van der Waals surface area contributed by atoms with Crippen LogP contribution in [0.5, 0.6) is 0 Å². The number of aryl methyl sites for hydroxylation is 1. The molecule has 16 heavy (non-hydrogen) atoms. The maximum atomic E-state index is 11.1. The molecule has 2 aromatic rings. The number of fused-ring (bicyclic) bond motifs is 1. The van der Waals surface area contributed by atoms with E-state index >= 15 is 0 Å². The summed E-state index contributed by atoms with van der Waals surface area (Å²) in [5.41, 5.74) is 3.34. The highest BCUT2D eigenvalue weighted by Gasteiger charge is 2.08. The Labute approximate surface area is 94.0 Å². The van der Waals surface area contributed by atoms with Gasteiger partial charge in [-0.2, -0.15) is 0 Å². The zero-order valence-corrected chi connectivity index (χ0v) is 9.42. The average Bonchev–Trinajstić information content (AvgIpc) is 2.62. The van der Waals surface area contributed by atoms with Gasteiger partial charge in [0.2, 0.25) is 0 Å². The Hall–Kier alpha value is -1.97. The molecular formula is C12H15N3O. The van der Waals surface area contributed by atoms with Crippen molar-refractivity contribution in [2.75, 3.05) is 7.05 Å². The second-order valence-corrected chi connectivity index (χ2v) is 3.71. The van der Waals surface area contributed by atoms with Crippen molar-refractivity contribution in [1.82, 2.24) is 15.6 Å². The third-order valence-corrected chi connectivity index (χ3v) is 2.68. The van der Waals surface area contributed by atoms with Crippen LogP contribution in [0, 0.1) is 6.92 Å². The lowest BCUT2D eigenvalue weighted by Crippen LogP contribution is -2.32. The van der Waals surface area contributed by atoms with Crippen LogP contribution in [0.3, 0.4) is 0 Å². The van der Waals surface area contributed by atoms with E-state index in [4.69, 9.17) is 0 Å². The topological polar surface area (TPSA) is 56.9 Å². The first-order valence-corrected chi connectivity index (χ1v) is 5.24. The predicted octanol–water partition coefficient (Wildman–Crippen LogP) is 1.91. The number of benzene rings is 1. The van der Waals surface area contributed by atoms with E-state index in [2.05, 4.69) is 21.7 Å². The summed E-state index contributed by atoms with van der Waals surface area (Å²) >= 11 is 0. The summed E-state index contributed by atoms with van der Waals surface area (Å²) in [6.07, 6.45) is 0. The predicted molar refractivity (Wildman–Crippen MR) is 64.3 cm³/mol. The lowest BCUT2D eigenvalue weighted by atomic mass is 10.1. The molecule has 4 nitrogen and oxygen atoms in total. The minimum Gasteiger partial charge on any atom is -0.358 e. The molecule has 2 rings (SSSR count). The molecule has 0 aliphatic carbocycles. The van der Waals surface area contributed by atoms with Crippen LogP contribution in [-0.2, 0) is 6.54 Å². The van der Waals surface area contributed by atoms with Crippen LogP contribution in [0.1, 0.15) is 11.3 Å². The molecule has 2 amide bonds. The van der Waals surface area contributed by atoms with E-state index in [9.17, 15) is 4.79 Å². The number of H-pyrrole nitrogens is 1.